The predicted molar refractivity (Wildman–Crippen MR) is 66.3 cm³/mol. The molecular formula is C12H20N2O4. The molecule has 1 saturated heterocycles. The summed E-state index contributed by atoms with van der Waals surface area (Å²) in [7, 11) is 0. The maximum atomic E-state index is 11.5. The Morgan fingerprint density at radius 2 is 2.11 bits per heavy atom. The van der Waals surface area contributed by atoms with Crippen LogP contribution in [0, 0.1) is 5.41 Å². The monoisotopic (exact) mass is 256 g/mol. The van der Waals surface area contributed by atoms with E-state index in [-0.39, 0.29) is 18.6 Å². The first-order valence-corrected chi connectivity index (χ1v) is 5.98. The first-order valence-electron chi connectivity index (χ1n) is 5.98. The zero-order valence-corrected chi connectivity index (χ0v) is 10.6. The average molecular weight is 256 g/mol. The molecular weight excluding hydrogens is 236 g/mol. The first kappa shape index (κ1) is 14.5. The molecule has 0 saturated carbocycles. The average Bonchev–Trinajstić information content (AvgIpc) is 2.37. The van der Waals surface area contributed by atoms with Gasteiger partial charge in [0.25, 0.3) is 0 Å². The number of carboxylic acids is 1. The van der Waals surface area contributed by atoms with Gasteiger partial charge < -0.3 is 20.5 Å². The van der Waals surface area contributed by atoms with Crippen molar-refractivity contribution in [3.8, 4) is 0 Å². The molecule has 102 valence electrons. The topological polar surface area (TPSA) is 87.7 Å². The number of carbonyl (C=O) groups excluding carboxylic acids is 1. The minimum atomic E-state index is -0.910. The molecule has 1 atom stereocenters. The van der Waals surface area contributed by atoms with Crippen LogP contribution in [-0.4, -0.2) is 42.9 Å². The third-order valence-electron chi connectivity index (χ3n) is 3.20. The van der Waals surface area contributed by atoms with E-state index in [0.717, 1.165) is 0 Å². The van der Waals surface area contributed by atoms with E-state index in [4.69, 9.17) is 4.74 Å². The van der Waals surface area contributed by atoms with Crippen molar-refractivity contribution in [3.63, 3.8) is 0 Å². The molecule has 0 bridgehead atoms. The van der Waals surface area contributed by atoms with Gasteiger partial charge in [-0.3, -0.25) is 4.79 Å². The molecule has 18 heavy (non-hydrogen) atoms. The third kappa shape index (κ3) is 3.73. The maximum Gasteiger partial charge on any atom is 0.315 e. The highest BCUT2D eigenvalue weighted by Gasteiger charge is 2.40. The number of hydrogen-bond acceptors (Lipinski definition) is 3. The molecule has 6 nitrogen and oxygen atoms in total. The van der Waals surface area contributed by atoms with Crippen LogP contribution in [0.1, 0.15) is 19.8 Å². The van der Waals surface area contributed by atoms with Crippen molar-refractivity contribution in [2.24, 2.45) is 5.41 Å². The van der Waals surface area contributed by atoms with Gasteiger partial charge in [-0.2, -0.15) is 0 Å². The van der Waals surface area contributed by atoms with E-state index in [1.54, 1.807) is 13.0 Å². The summed E-state index contributed by atoms with van der Waals surface area (Å²) in [6.45, 7) is 6.28. The number of amides is 2. The molecule has 0 aromatic carbocycles. The lowest BCUT2D eigenvalue weighted by Gasteiger charge is -2.33. The number of hydrogen-bond donors (Lipinski definition) is 3. The normalized spacial score (nSPS) is 19.6. The van der Waals surface area contributed by atoms with Crippen LogP contribution in [0.5, 0.6) is 0 Å². The molecule has 2 amide bonds. The van der Waals surface area contributed by atoms with Crippen LogP contribution in [0.4, 0.5) is 4.79 Å². The Labute approximate surface area is 106 Å². The molecule has 1 rings (SSSR count). The Morgan fingerprint density at radius 3 is 2.61 bits per heavy atom. The molecule has 1 aliphatic heterocycles. The summed E-state index contributed by atoms with van der Waals surface area (Å²) in [5.74, 6) is -0.886. The van der Waals surface area contributed by atoms with Gasteiger partial charge in [-0.1, -0.05) is 6.08 Å². The first-order chi connectivity index (χ1) is 8.50. The largest absolute Gasteiger partial charge is 0.481 e. The summed E-state index contributed by atoms with van der Waals surface area (Å²) in [6.07, 6.45) is 2.43. The van der Waals surface area contributed by atoms with Crippen LogP contribution < -0.4 is 10.6 Å². The van der Waals surface area contributed by atoms with E-state index in [2.05, 4.69) is 17.2 Å². The fourth-order valence-corrected chi connectivity index (χ4v) is 1.79. The molecule has 0 radical (unpaired) electrons. The van der Waals surface area contributed by atoms with Crippen LogP contribution in [0.3, 0.4) is 0 Å². The fraction of sp³-hybridized carbons (Fsp3) is 0.667. The molecule has 1 unspecified atom stereocenters. The third-order valence-corrected chi connectivity index (χ3v) is 3.20. The molecule has 0 aromatic heterocycles. The van der Waals surface area contributed by atoms with Crippen LogP contribution in [0.15, 0.2) is 12.7 Å². The smallest absolute Gasteiger partial charge is 0.315 e. The second-order valence-electron chi connectivity index (χ2n) is 4.55. The Kier molecular flexibility index (Phi) is 5.15. The molecule has 0 aromatic rings. The number of urea groups is 1. The van der Waals surface area contributed by atoms with Crippen molar-refractivity contribution >= 4 is 12.0 Å². The van der Waals surface area contributed by atoms with Gasteiger partial charge in [-0.25, -0.2) is 4.79 Å². The van der Waals surface area contributed by atoms with Crippen molar-refractivity contribution in [1.29, 1.82) is 0 Å². The van der Waals surface area contributed by atoms with Gasteiger partial charge in [0.05, 0.1) is 5.41 Å². The SMILES string of the molecule is C=CC(C)NC(=O)NCC1(C(=O)O)CCOCC1. The minimum Gasteiger partial charge on any atom is -0.481 e. The minimum absolute atomic E-state index is 0.112. The zero-order valence-electron chi connectivity index (χ0n) is 10.6. The highest BCUT2D eigenvalue weighted by Crippen LogP contribution is 2.29. The molecule has 3 N–H and O–H groups in total. The number of nitrogens with one attached hydrogen (secondary N) is 2. The van der Waals surface area contributed by atoms with Gasteiger partial charge in [0.15, 0.2) is 0 Å². The van der Waals surface area contributed by atoms with E-state index in [0.29, 0.717) is 26.1 Å². The summed E-state index contributed by atoms with van der Waals surface area (Å²) in [5, 5.41) is 14.5. The second-order valence-corrected chi connectivity index (χ2v) is 4.55. The van der Waals surface area contributed by atoms with Gasteiger partial charge >= 0.3 is 12.0 Å². The maximum absolute atomic E-state index is 11.5. The Morgan fingerprint density at radius 1 is 1.50 bits per heavy atom. The lowest BCUT2D eigenvalue weighted by molar-refractivity contribution is -0.154. The van der Waals surface area contributed by atoms with Gasteiger partial charge in [0.2, 0.25) is 0 Å². The summed E-state index contributed by atoms with van der Waals surface area (Å²) in [6, 6.07) is -0.532. The van der Waals surface area contributed by atoms with Crippen LogP contribution >= 0.6 is 0 Å². The van der Waals surface area contributed by atoms with Crippen molar-refractivity contribution < 1.29 is 19.4 Å². The molecule has 0 spiro atoms. The van der Waals surface area contributed by atoms with E-state index in [9.17, 15) is 14.7 Å². The Hall–Kier alpha value is -1.56. The molecule has 6 heteroatoms. The lowest BCUT2D eigenvalue weighted by Crippen LogP contribution is -2.49. The van der Waals surface area contributed by atoms with E-state index >= 15 is 0 Å². The van der Waals surface area contributed by atoms with Gasteiger partial charge in [-0.05, 0) is 19.8 Å². The predicted octanol–water partition coefficient (Wildman–Crippen LogP) is 0.741. The number of carbonyl (C=O) groups is 2. The van der Waals surface area contributed by atoms with E-state index in [1.807, 2.05) is 0 Å². The quantitative estimate of drug-likeness (QED) is 0.633. The highest BCUT2D eigenvalue weighted by atomic mass is 16.5. The molecule has 1 aliphatic rings. The van der Waals surface area contributed by atoms with E-state index in [1.165, 1.54) is 0 Å². The molecule has 1 fully saturated rings. The zero-order chi connectivity index (χ0) is 13.6. The summed E-state index contributed by atoms with van der Waals surface area (Å²) >= 11 is 0. The highest BCUT2D eigenvalue weighted by molar-refractivity contribution is 5.78. The van der Waals surface area contributed by atoms with Crippen molar-refractivity contribution in [2.45, 2.75) is 25.8 Å². The Bertz CT molecular complexity index is 324. The fourth-order valence-electron chi connectivity index (χ4n) is 1.79. The number of rotatable bonds is 5. The molecule has 0 aliphatic carbocycles. The van der Waals surface area contributed by atoms with Crippen LogP contribution in [0.25, 0.3) is 0 Å². The summed E-state index contributed by atoms with van der Waals surface area (Å²) < 4.78 is 5.16. The van der Waals surface area contributed by atoms with Crippen molar-refractivity contribution in [3.05, 3.63) is 12.7 Å². The number of ether oxygens (including phenoxy) is 1. The van der Waals surface area contributed by atoms with Crippen LogP contribution in [-0.2, 0) is 9.53 Å². The van der Waals surface area contributed by atoms with E-state index < -0.39 is 11.4 Å². The second kappa shape index (κ2) is 6.39. The Balaban J connectivity index is 2.50. The van der Waals surface area contributed by atoms with Gasteiger partial charge in [-0.15, -0.1) is 6.58 Å². The van der Waals surface area contributed by atoms with Crippen molar-refractivity contribution in [1.82, 2.24) is 10.6 Å². The van der Waals surface area contributed by atoms with Gasteiger partial charge in [0, 0.05) is 25.8 Å². The number of aliphatic carboxylic acids is 1. The number of carboxylic acid groups (broad SMARTS) is 1. The lowest BCUT2D eigenvalue weighted by atomic mass is 9.80. The van der Waals surface area contributed by atoms with Crippen molar-refractivity contribution in [2.75, 3.05) is 19.8 Å². The summed E-state index contributed by atoms with van der Waals surface area (Å²) in [5.41, 5.74) is -0.910. The van der Waals surface area contributed by atoms with Crippen LogP contribution in [0.2, 0.25) is 0 Å². The standard InChI is InChI=1S/C12H20N2O4/c1-3-9(2)14-11(17)13-8-12(10(15)16)4-6-18-7-5-12/h3,9H,1,4-8H2,2H3,(H,15,16)(H2,13,14,17). The van der Waals surface area contributed by atoms with Gasteiger partial charge in [0.1, 0.15) is 0 Å². The summed E-state index contributed by atoms with van der Waals surface area (Å²) in [4.78, 5) is 22.8. The molecule has 1 heterocycles.